The first-order valence-corrected chi connectivity index (χ1v) is 8.60. The lowest BCUT2D eigenvalue weighted by Gasteiger charge is -2.03. The van der Waals surface area contributed by atoms with Crippen molar-refractivity contribution in [1.82, 2.24) is 9.71 Å². The van der Waals surface area contributed by atoms with Crippen LogP contribution in [-0.2, 0) is 10.0 Å². The maximum Gasteiger partial charge on any atom is 0.241 e. The van der Waals surface area contributed by atoms with Crippen LogP contribution in [-0.4, -0.2) is 26.6 Å². The van der Waals surface area contributed by atoms with E-state index in [1.165, 1.54) is 24.3 Å². The normalized spacial score (nSPS) is 10.7. The molecule has 120 valence electrons. The molecule has 0 radical (unpaired) electrons. The smallest absolute Gasteiger partial charge is 0.241 e. The van der Waals surface area contributed by atoms with Crippen molar-refractivity contribution in [2.45, 2.75) is 11.8 Å². The van der Waals surface area contributed by atoms with Gasteiger partial charge in [0.15, 0.2) is 0 Å². The third kappa shape index (κ3) is 5.57. The van der Waals surface area contributed by atoms with Gasteiger partial charge in [0.05, 0.1) is 17.6 Å². The van der Waals surface area contributed by atoms with Crippen molar-refractivity contribution in [2.24, 2.45) is 0 Å². The zero-order valence-electron chi connectivity index (χ0n) is 12.4. The minimum Gasteiger partial charge on any atom is -0.479 e. The van der Waals surface area contributed by atoms with Crippen LogP contribution >= 0.6 is 11.6 Å². The summed E-state index contributed by atoms with van der Waals surface area (Å²) in [6, 6.07) is 9.55. The van der Waals surface area contributed by atoms with Gasteiger partial charge in [-0.3, -0.25) is 4.98 Å². The van der Waals surface area contributed by atoms with Crippen molar-refractivity contribution in [2.75, 3.05) is 13.2 Å². The summed E-state index contributed by atoms with van der Waals surface area (Å²) >= 11 is 5.73. The van der Waals surface area contributed by atoms with Gasteiger partial charge in [-0.2, -0.15) is 4.72 Å². The molecule has 5 nitrogen and oxygen atoms in total. The van der Waals surface area contributed by atoms with Crippen molar-refractivity contribution in [3.8, 4) is 17.6 Å². The molecule has 2 rings (SSSR count). The average Bonchev–Trinajstić information content (AvgIpc) is 2.53. The summed E-state index contributed by atoms with van der Waals surface area (Å²) < 4.78 is 31.7. The van der Waals surface area contributed by atoms with E-state index in [-0.39, 0.29) is 18.0 Å². The molecule has 0 fully saturated rings. The molecule has 1 aromatic heterocycles. The number of nitrogens with zero attached hydrogens (tertiary/aromatic N) is 1. The molecule has 23 heavy (non-hydrogen) atoms. The molecule has 0 aliphatic rings. The number of benzene rings is 1. The molecule has 0 aliphatic heterocycles. The molecule has 0 spiro atoms. The largest absolute Gasteiger partial charge is 0.479 e. The van der Waals surface area contributed by atoms with Gasteiger partial charge in [-0.1, -0.05) is 23.4 Å². The summed E-state index contributed by atoms with van der Waals surface area (Å²) in [6.07, 6.45) is 1.61. The third-order valence-electron chi connectivity index (χ3n) is 2.79. The summed E-state index contributed by atoms with van der Waals surface area (Å²) in [4.78, 5) is 4.24. The Balaban J connectivity index is 1.80. The molecule has 0 saturated carbocycles. The molecule has 2 aromatic rings. The van der Waals surface area contributed by atoms with Crippen molar-refractivity contribution in [1.29, 1.82) is 0 Å². The predicted molar refractivity (Wildman–Crippen MR) is 88.9 cm³/mol. The highest BCUT2D eigenvalue weighted by molar-refractivity contribution is 7.89. The Hall–Kier alpha value is -2.07. The first-order chi connectivity index (χ1) is 11.0. The van der Waals surface area contributed by atoms with Crippen molar-refractivity contribution in [3.63, 3.8) is 0 Å². The number of ether oxygens (including phenoxy) is 1. The molecule has 1 heterocycles. The Labute approximate surface area is 140 Å². The summed E-state index contributed by atoms with van der Waals surface area (Å²) in [5.74, 6) is 6.04. The monoisotopic (exact) mass is 350 g/mol. The molecule has 0 aliphatic carbocycles. The fraction of sp³-hybridized carbons (Fsp3) is 0.188. The number of rotatable bonds is 5. The zero-order chi connectivity index (χ0) is 16.7. The van der Waals surface area contributed by atoms with Crippen molar-refractivity contribution in [3.05, 3.63) is 53.3 Å². The van der Waals surface area contributed by atoms with Gasteiger partial charge < -0.3 is 4.74 Å². The van der Waals surface area contributed by atoms with E-state index in [0.717, 1.165) is 5.69 Å². The van der Waals surface area contributed by atoms with Crippen molar-refractivity contribution < 1.29 is 13.2 Å². The van der Waals surface area contributed by atoms with E-state index in [2.05, 4.69) is 21.5 Å². The fourth-order valence-electron chi connectivity index (χ4n) is 1.60. The number of hydrogen-bond acceptors (Lipinski definition) is 4. The van der Waals surface area contributed by atoms with Crippen LogP contribution in [0.25, 0.3) is 0 Å². The predicted octanol–water partition coefficient (Wildman–Crippen LogP) is 2.40. The lowest BCUT2D eigenvalue weighted by atomic mass is 10.4. The number of halogens is 1. The highest BCUT2D eigenvalue weighted by atomic mass is 35.5. The quantitative estimate of drug-likeness (QED) is 0.841. The van der Waals surface area contributed by atoms with Crippen LogP contribution in [0.15, 0.2) is 47.5 Å². The molecule has 0 saturated heterocycles. The second-order valence-corrected chi connectivity index (χ2v) is 6.76. The minimum atomic E-state index is -3.58. The van der Waals surface area contributed by atoms with Crippen LogP contribution in [0.1, 0.15) is 5.69 Å². The number of nitrogens with one attached hydrogen (secondary N) is 1. The Bertz CT molecular complexity index is 807. The highest BCUT2D eigenvalue weighted by Crippen LogP contribution is 2.13. The van der Waals surface area contributed by atoms with Crippen LogP contribution in [0.3, 0.4) is 0 Å². The molecule has 0 atom stereocenters. The molecule has 1 aromatic carbocycles. The Kier molecular flexibility index (Phi) is 5.99. The van der Waals surface area contributed by atoms with E-state index in [1.54, 1.807) is 12.3 Å². The Morgan fingerprint density at radius 1 is 1.17 bits per heavy atom. The topological polar surface area (TPSA) is 68.3 Å². The maximum atomic E-state index is 12.0. The molecule has 0 bridgehead atoms. The van der Waals surface area contributed by atoms with Gasteiger partial charge in [-0.15, -0.1) is 0 Å². The van der Waals surface area contributed by atoms with Gasteiger partial charge in [-0.05, 0) is 43.3 Å². The number of aryl methyl sites for hydroxylation is 1. The van der Waals surface area contributed by atoms with Crippen LogP contribution in [0.2, 0.25) is 5.02 Å². The van der Waals surface area contributed by atoms with E-state index >= 15 is 0 Å². The second kappa shape index (κ2) is 7.97. The van der Waals surface area contributed by atoms with Crippen LogP contribution in [0.5, 0.6) is 5.75 Å². The SMILES string of the molecule is Cc1ccc(OCC#CCNS(=O)(=O)c2ccc(Cl)cc2)cn1. The van der Waals surface area contributed by atoms with E-state index in [4.69, 9.17) is 16.3 Å². The lowest BCUT2D eigenvalue weighted by molar-refractivity contribution is 0.368. The van der Waals surface area contributed by atoms with Gasteiger partial charge in [0, 0.05) is 10.7 Å². The van der Waals surface area contributed by atoms with Crippen LogP contribution in [0, 0.1) is 18.8 Å². The summed E-state index contributed by atoms with van der Waals surface area (Å²) in [7, 11) is -3.58. The number of aromatic nitrogens is 1. The summed E-state index contributed by atoms with van der Waals surface area (Å²) in [5.41, 5.74) is 0.903. The number of sulfonamides is 1. The zero-order valence-corrected chi connectivity index (χ0v) is 14.0. The second-order valence-electron chi connectivity index (χ2n) is 4.56. The molecule has 1 N–H and O–H groups in total. The van der Waals surface area contributed by atoms with E-state index in [1.807, 2.05) is 13.0 Å². The summed E-state index contributed by atoms with van der Waals surface area (Å²) in [6.45, 7) is 2.05. The molecular weight excluding hydrogens is 336 g/mol. The van der Waals surface area contributed by atoms with E-state index in [9.17, 15) is 8.42 Å². The van der Waals surface area contributed by atoms with Crippen molar-refractivity contribution >= 4 is 21.6 Å². The van der Waals surface area contributed by atoms with E-state index < -0.39 is 10.0 Å². The average molecular weight is 351 g/mol. The standard InChI is InChI=1S/C16H15ClN2O3S/c1-13-4-7-15(12-18-13)22-11-3-2-10-19-23(20,21)16-8-5-14(17)6-9-16/h4-9,12,19H,10-11H2,1H3. The number of hydrogen-bond donors (Lipinski definition) is 1. The fourth-order valence-corrected chi connectivity index (χ4v) is 2.65. The maximum absolute atomic E-state index is 12.0. The molecule has 0 amide bonds. The Morgan fingerprint density at radius 3 is 2.57 bits per heavy atom. The van der Waals surface area contributed by atoms with Crippen LogP contribution < -0.4 is 9.46 Å². The molecular formula is C16H15ClN2O3S. The van der Waals surface area contributed by atoms with E-state index in [0.29, 0.717) is 10.8 Å². The first kappa shape index (κ1) is 17.3. The minimum absolute atomic E-state index is 0.000464. The highest BCUT2D eigenvalue weighted by Gasteiger charge is 2.11. The van der Waals surface area contributed by atoms with Gasteiger partial charge in [0.1, 0.15) is 12.4 Å². The third-order valence-corrected chi connectivity index (χ3v) is 4.46. The first-order valence-electron chi connectivity index (χ1n) is 6.74. The summed E-state index contributed by atoms with van der Waals surface area (Å²) in [5, 5.41) is 0.478. The molecule has 7 heteroatoms. The lowest BCUT2D eigenvalue weighted by Crippen LogP contribution is -2.24. The Morgan fingerprint density at radius 2 is 1.91 bits per heavy atom. The van der Waals surface area contributed by atoms with Gasteiger partial charge in [0.25, 0.3) is 0 Å². The van der Waals surface area contributed by atoms with Gasteiger partial charge in [-0.25, -0.2) is 8.42 Å². The molecule has 0 unspecified atom stereocenters. The van der Waals surface area contributed by atoms with Gasteiger partial charge in [0.2, 0.25) is 10.0 Å². The van der Waals surface area contributed by atoms with Gasteiger partial charge >= 0.3 is 0 Å². The number of pyridine rings is 1. The van der Waals surface area contributed by atoms with Crippen LogP contribution in [0.4, 0.5) is 0 Å².